The highest BCUT2D eigenvalue weighted by Gasteiger charge is 2.36. The van der Waals surface area contributed by atoms with Crippen molar-refractivity contribution in [2.24, 2.45) is 0 Å². The van der Waals surface area contributed by atoms with Gasteiger partial charge in [0.2, 0.25) is 18.0 Å². The van der Waals surface area contributed by atoms with E-state index in [0.29, 0.717) is 17.7 Å². The zero-order chi connectivity index (χ0) is 28.9. The summed E-state index contributed by atoms with van der Waals surface area (Å²) in [7, 11) is 0. The average Bonchev–Trinajstić information content (AvgIpc) is 3.13. The number of aromatic nitrogens is 1. The lowest BCUT2D eigenvalue weighted by Gasteiger charge is -2.38. The first-order valence-electron chi connectivity index (χ1n) is 13.2. The van der Waals surface area contributed by atoms with E-state index in [0.717, 1.165) is 26.8 Å². The number of ether oxygens (including phenoxy) is 4. The minimum Gasteiger partial charge on any atom is -0.451 e. The zero-order valence-corrected chi connectivity index (χ0v) is 23.2. The van der Waals surface area contributed by atoms with Crippen molar-refractivity contribution < 1.29 is 32.9 Å². The number of nitrogen functional groups attached to an aromatic ring is 1. The van der Waals surface area contributed by atoms with E-state index in [1.807, 2.05) is 30.3 Å². The molecule has 2 aliphatic rings. The third kappa shape index (κ3) is 6.03. The standard InChI is InChI=1S/C29H30FN3O7S/c1-2-38-29(36)40-17-39-27-23(34)10-11-33(31)26(27)28(35)32-12-13-37-15-19(32)14-21-20-7-3-4-9-24(20)41-16-18-6-5-8-22(30)25(18)21/h3-11,19,21H,2,12-17,31H2,1H3/t19-,21-/m1/s1. The molecular formula is C29H30FN3O7S. The molecule has 41 heavy (non-hydrogen) atoms. The number of carbonyl (C=O) groups excluding carboxylic acids is 2. The fourth-order valence-corrected chi connectivity index (χ4v) is 6.37. The van der Waals surface area contributed by atoms with Crippen molar-refractivity contribution in [3.05, 3.63) is 93.2 Å². The molecule has 2 aromatic carbocycles. The van der Waals surface area contributed by atoms with Gasteiger partial charge in [-0.2, -0.15) is 0 Å². The molecule has 1 aromatic heterocycles. The Bertz CT molecular complexity index is 1500. The summed E-state index contributed by atoms with van der Waals surface area (Å²) in [6, 6.07) is 13.7. The van der Waals surface area contributed by atoms with Gasteiger partial charge in [-0.05, 0) is 42.2 Å². The summed E-state index contributed by atoms with van der Waals surface area (Å²) in [6.45, 7) is 1.76. The summed E-state index contributed by atoms with van der Waals surface area (Å²) in [5, 5.41) is 0. The highest BCUT2D eigenvalue weighted by molar-refractivity contribution is 7.98. The first-order chi connectivity index (χ1) is 19.9. The number of fused-ring (bicyclic) bond motifs is 2. The molecule has 0 unspecified atom stereocenters. The molecule has 3 aromatic rings. The molecule has 1 amide bonds. The lowest BCUT2D eigenvalue weighted by Crippen LogP contribution is -2.50. The van der Waals surface area contributed by atoms with E-state index in [2.05, 4.69) is 0 Å². The van der Waals surface area contributed by atoms with Crippen LogP contribution in [0.1, 0.15) is 46.4 Å². The Morgan fingerprint density at radius 3 is 2.80 bits per heavy atom. The van der Waals surface area contributed by atoms with Crippen LogP contribution in [-0.2, 0) is 20.0 Å². The van der Waals surface area contributed by atoms with Gasteiger partial charge in [-0.1, -0.05) is 30.3 Å². The number of thioether (sulfide) groups is 1. The fraction of sp³-hybridized carbons (Fsp3) is 0.345. The number of nitrogens with zero attached hydrogens (tertiary/aromatic N) is 2. The van der Waals surface area contributed by atoms with Gasteiger partial charge in [0, 0.05) is 35.4 Å². The molecule has 1 saturated heterocycles. The number of hydrogen-bond donors (Lipinski definition) is 1. The van der Waals surface area contributed by atoms with Crippen LogP contribution in [0.25, 0.3) is 0 Å². The predicted molar refractivity (Wildman–Crippen MR) is 149 cm³/mol. The summed E-state index contributed by atoms with van der Waals surface area (Å²) in [4.78, 5) is 40.9. The summed E-state index contributed by atoms with van der Waals surface area (Å²) in [6.07, 6.45) is 0.655. The Kier molecular flexibility index (Phi) is 8.79. The molecule has 2 aliphatic heterocycles. The third-order valence-electron chi connectivity index (χ3n) is 7.09. The maximum Gasteiger partial charge on any atom is 0.511 e. The molecule has 2 atom stereocenters. The highest BCUT2D eigenvalue weighted by Crippen LogP contribution is 2.44. The minimum absolute atomic E-state index is 0.0977. The molecule has 5 rings (SSSR count). The molecule has 0 aliphatic carbocycles. The van der Waals surface area contributed by atoms with Gasteiger partial charge < -0.3 is 29.7 Å². The molecule has 12 heteroatoms. The number of pyridine rings is 1. The molecule has 0 saturated carbocycles. The minimum atomic E-state index is -0.980. The van der Waals surface area contributed by atoms with Crippen molar-refractivity contribution in [2.45, 2.75) is 36.0 Å². The van der Waals surface area contributed by atoms with Crippen molar-refractivity contribution in [3.63, 3.8) is 0 Å². The van der Waals surface area contributed by atoms with Crippen LogP contribution in [0.5, 0.6) is 5.75 Å². The Labute approximate surface area is 240 Å². The first-order valence-corrected chi connectivity index (χ1v) is 14.2. The topological polar surface area (TPSA) is 122 Å². The van der Waals surface area contributed by atoms with Crippen molar-refractivity contribution >= 4 is 23.8 Å². The maximum atomic E-state index is 15.4. The molecule has 2 N–H and O–H groups in total. The number of carbonyl (C=O) groups is 2. The number of amides is 1. The number of benzene rings is 2. The largest absolute Gasteiger partial charge is 0.511 e. The summed E-state index contributed by atoms with van der Waals surface area (Å²) >= 11 is 1.65. The van der Waals surface area contributed by atoms with Gasteiger partial charge in [0.05, 0.1) is 25.9 Å². The van der Waals surface area contributed by atoms with E-state index in [1.54, 1.807) is 29.7 Å². The van der Waals surface area contributed by atoms with Crippen LogP contribution in [0.4, 0.5) is 9.18 Å². The SMILES string of the molecule is CCOC(=O)OCOc1c(C(=O)N2CCOC[C@H]2C[C@@H]2c3ccccc3SCc3cccc(F)c32)n(N)ccc1=O. The van der Waals surface area contributed by atoms with Gasteiger partial charge in [-0.3, -0.25) is 14.3 Å². The van der Waals surface area contributed by atoms with E-state index in [4.69, 9.17) is 24.8 Å². The van der Waals surface area contributed by atoms with Gasteiger partial charge in [0.1, 0.15) is 5.82 Å². The molecule has 1 fully saturated rings. The van der Waals surface area contributed by atoms with Crippen LogP contribution in [0, 0.1) is 5.82 Å². The average molecular weight is 584 g/mol. The molecule has 10 nitrogen and oxygen atoms in total. The number of rotatable bonds is 7. The first kappa shape index (κ1) is 28.5. The summed E-state index contributed by atoms with van der Waals surface area (Å²) in [5.74, 6) is 5.18. The van der Waals surface area contributed by atoms with Crippen LogP contribution in [-0.4, -0.2) is 60.8 Å². The third-order valence-corrected chi connectivity index (χ3v) is 8.23. The van der Waals surface area contributed by atoms with Gasteiger partial charge in [0.25, 0.3) is 5.91 Å². The van der Waals surface area contributed by atoms with Gasteiger partial charge in [-0.25, -0.2) is 9.18 Å². The molecule has 216 valence electrons. The molecular weight excluding hydrogens is 553 g/mol. The van der Waals surface area contributed by atoms with E-state index in [1.165, 1.54) is 12.3 Å². The van der Waals surface area contributed by atoms with Crippen LogP contribution in [0.3, 0.4) is 0 Å². The normalized spacial score (nSPS) is 18.0. The number of halogens is 1. The molecule has 0 bridgehead atoms. The Morgan fingerprint density at radius 2 is 1.98 bits per heavy atom. The van der Waals surface area contributed by atoms with E-state index >= 15 is 4.39 Å². The number of nitrogens with two attached hydrogens (primary N) is 1. The van der Waals surface area contributed by atoms with E-state index < -0.39 is 30.3 Å². The van der Waals surface area contributed by atoms with Crippen molar-refractivity contribution in [1.82, 2.24) is 9.58 Å². The van der Waals surface area contributed by atoms with Gasteiger partial charge >= 0.3 is 6.16 Å². The van der Waals surface area contributed by atoms with Gasteiger partial charge in [-0.15, -0.1) is 11.8 Å². The molecule has 3 heterocycles. The second-order valence-electron chi connectivity index (χ2n) is 9.51. The molecule has 0 spiro atoms. The van der Waals surface area contributed by atoms with Crippen LogP contribution in [0.15, 0.2) is 64.4 Å². The zero-order valence-electron chi connectivity index (χ0n) is 22.4. The van der Waals surface area contributed by atoms with Crippen LogP contribution < -0.4 is 16.0 Å². The fourth-order valence-electron chi connectivity index (χ4n) is 5.25. The summed E-state index contributed by atoms with van der Waals surface area (Å²) < 4.78 is 37.1. The predicted octanol–water partition coefficient (Wildman–Crippen LogP) is 3.88. The van der Waals surface area contributed by atoms with Crippen LogP contribution in [0.2, 0.25) is 0 Å². The summed E-state index contributed by atoms with van der Waals surface area (Å²) in [5.41, 5.74) is 1.67. The maximum absolute atomic E-state index is 15.4. The van der Waals surface area contributed by atoms with Crippen molar-refractivity contribution in [3.8, 4) is 5.75 Å². The molecule has 0 radical (unpaired) electrons. The van der Waals surface area contributed by atoms with Crippen LogP contribution >= 0.6 is 11.8 Å². The van der Waals surface area contributed by atoms with Crippen molar-refractivity contribution in [2.75, 3.05) is 39.0 Å². The Hall–Kier alpha value is -4.03. The smallest absolute Gasteiger partial charge is 0.451 e. The Morgan fingerprint density at radius 1 is 1.15 bits per heavy atom. The second kappa shape index (κ2) is 12.6. The lowest BCUT2D eigenvalue weighted by molar-refractivity contribution is -0.00721. The monoisotopic (exact) mass is 583 g/mol. The van der Waals surface area contributed by atoms with E-state index in [9.17, 15) is 14.4 Å². The second-order valence-corrected chi connectivity index (χ2v) is 10.5. The number of hydrogen-bond acceptors (Lipinski definition) is 9. The van der Waals surface area contributed by atoms with Gasteiger partial charge in [0.15, 0.2) is 5.69 Å². The van der Waals surface area contributed by atoms with Crippen molar-refractivity contribution in [1.29, 1.82) is 0 Å². The quantitative estimate of drug-likeness (QED) is 0.251. The lowest BCUT2D eigenvalue weighted by atomic mass is 9.83. The van der Waals surface area contributed by atoms with E-state index in [-0.39, 0.29) is 49.5 Å². The Balaban J connectivity index is 1.47. The highest BCUT2D eigenvalue weighted by atomic mass is 32.2. The number of morpholine rings is 1.